The quantitative estimate of drug-likeness (QED) is 0.446. The molecule has 0 aliphatic heterocycles. The van der Waals surface area contributed by atoms with Crippen molar-refractivity contribution in [2.75, 3.05) is 7.11 Å². The Bertz CT molecular complexity index is 1340. The van der Waals surface area contributed by atoms with E-state index in [4.69, 9.17) is 19.4 Å². The van der Waals surface area contributed by atoms with Crippen molar-refractivity contribution in [3.05, 3.63) is 83.2 Å². The SMILES string of the molecule is COc1cccc(OCc2nc3cc(-c4ccncc4)ccc3c(=O)[nH]2)c1.O=C(O)C(F)(F)F. The molecule has 2 aromatic heterocycles. The summed E-state index contributed by atoms with van der Waals surface area (Å²) in [5.74, 6) is -0.952. The third kappa shape index (κ3) is 6.31. The molecule has 2 heterocycles. The van der Waals surface area contributed by atoms with Crippen molar-refractivity contribution in [1.29, 1.82) is 0 Å². The van der Waals surface area contributed by atoms with Gasteiger partial charge >= 0.3 is 12.1 Å². The number of halogens is 3. The molecule has 0 atom stereocenters. The lowest BCUT2D eigenvalue weighted by Crippen LogP contribution is -2.21. The summed E-state index contributed by atoms with van der Waals surface area (Å²) in [6.45, 7) is 0.151. The van der Waals surface area contributed by atoms with Crippen molar-refractivity contribution >= 4 is 16.9 Å². The fourth-order valence-corrected chi connectivity index (χ4v) is 2.82. The van der Waals surface area contributed by atoms with E-state index in [1.165, 1.54) is 0 Å². The molecule has 0 bridgehead atoms. The average molecular weight is 473 g/mol. The number of nitrogens with zero attached hydrogens (tertiary/aromatic N) is 2. The minimum absolute atomic E-state index is 0.151. The summed E-state index contributed by atoms with van der Waals surface area (Å²) < 4.78 is 42.6. The van der Waals surface area contributed by atoms with E-state index in [2.05, 4.69) is 15.0 Å². The molecule has 0 amide bonds. The van der Waals surface area contributed by atoms with E-state index in [0.29, 0.717) is 28.2 Å². The maximum atomic E-state index is 12.4. The van der Waals surface area contributed by atoms with E-state index in [0.717, 1.165) is 11.1 Å². The molecule has 0 spiro atoms. The summed E-state index contributed by atoms with van der Waals surface area (Å²) in [5.41, 5.74) is 2.42. The largest absolute Gasteiger partial charge is 0.497 e. The normalized spacial score (nSPS) is 10.8. The molecule has 34 heavy (non-hydrogen) atoms. The van der Waals surface area contributed by atoms with Gasteiger partial charge in [-0.3, -0.25) is 9.78 Å². The second kappa shape index (κ2) is 10.5. The molecule has 0 unspecified atom stereocenters. The minimum Gasteiger partial charge on any atom is -0.497 e. The first-order valence-electron chi connectivity index (χ1n) is 9.67. The molecule has 8 nitrogen and oxygen atoms in total. The van der Waals surface area contributed by atoms with Crippen molar-refractivity contribution in [3.63, 3.8) is 0 Å². The Balaban J connectivity index is 0.000000406. The standard InChI is InChI=1S/C21H17N3O3.C2HF3O2/c1-26-16-3-2-4-17(12-16)27-13-20-23-19-11-15(14-7-9-22-10-8-14)5-6-18(19)21(25)24-20;3-2(4,5)1(6)7/h2-12H,13H2,1H3,(H,23,24,25);(H,6,7). The van der Waals surface area contributed by atoms with Crippen molar-refractivity contribution < 1.29 is 32.5 Å². The highest BCUT2D eigenvalue weighted by Crippen LogP contribution is 2.22. The number of nitrogens with one attached hydrogen (secondary N) is 1. The van der Waals surface area contributed by atoms with Gasteiger partial charge in [0.2, 0.25) is 0 Å². The predicted molar refractivity (Wildman–Crippen MR) is 117 cm³/mol. The van der Waals surface area contributed by atoms with Crippen LogP contribution in [0.4, 0.5) is 13.2 Å². The summed E-state index contributed by atoms with van der Waals surface area (Å²) in [6.07, 6.45) is -1.61. The van der Waals surface area contributed by atoms with E-state index < -0.39 is 12.1 Å². The number of fused-ring (bicyclic) bond motifs is 1. The van der Waals surface area contributed by atoms with E-state index in [1.54, 1.807) is 31.6 Å². The lowest BCUT2D eigenvalue weighted by Gasteiger charge is -2.08. The van der Waals surface area contributed by atoms with Crippen LogP contribution in [-0.2, 0) is 11.4 Å². The summed E-state index contributed by atoms with van der Waals surface area (Å²) in [4.78, 5) is 32.6. The molecule has 11 heteroatoms. The Morgan fingerprint density at radius 2 is 1.71 bits per heavy atom. The Morgan fingerprint density at radius 3 is 2.35 bits per heavy atom. The summed E-state index contributed by atoms with van der Waals surface area (Å²) >= 11 is 0. The lowest BCUT2D eigenvalue weighted by molar-refractivity contribution is -0.192. The second-order valence-electron chi connectivity index (χ2n) is 6.75. The molecule has 0 aliphatic carbocycles. The van der Waals surface area contributed by atoms with Gasteiger partial charge in [-0.1, -0.05) is 12.1 Å². The van der Waals surface area contributed by atoms with Crippen molar-refractivity contribution in [2.45, 2.75) is 12.8 Å². The topological polar surface area (TPSA) is 114 Å². The van der Waals surface area contributed by atoms with Gasteiger partial charge in [-0.05, 0) is 47.5 Å². The number of H-pyrrole nitrogens is 1. The number of ether oxygens (including phenoxy) is 2. The number of carboxylic acids is 1. The van der Waals surface area contributed by atoms with Crippen LogP contribution in [0.5, 0.6) is 11.5 Å². The Kier molecular flexibility index (Phi) is 7.46. The highest BCUT2D eigenvalue weighted by Gasteiger charge is 2.38. The van der Waals surface area contributed by atoms with Gasteiger partial charge in [-0.25, -0.2) is 9.78 Å². The maximum Gasteiger partial charge on any atom is 0.490 e. The molecular formula is C23H18F3N3O5. The number of carboxylic acid groups (broad SMARTS) is 1. The number of aromatic nitrogens is 3. The van der Waals surface area contributed by atoms with Crippen molar-refractivity contribution in [2.24, 2.45) is 0 Å². The van der Waals surface area contributed by atoms with Gasteiger partial charge in [-0.15, -0.1) is 0 Å². The van der Waals surface area contributed by atoms with Crippen LogP contribution >= 0.6 is 0 Å². The Hall–Kier alpha value is -4.41. The zero-order valence-corrected chi connectivity index (χ0v) is 17.7. The van der Waals surface area contributed by atoms with Crippen LogP contribution in [0, 0.1) is 0 Å². The molecule has 2 aromatic carbocycles. The number of aliphatic carboxylic acids is 1. The number of hydrogen-bond donors (Lipinski definition) is 2. The third-order valence-corrected chi connectivity index (χ3v) is 4.43. The monoisotopic (exact) mass is 473 g/mol. The fourth-order valence-electron chi connectivity index (χ4n) is 2.82. The average Bonchev–Trinajstić information content (AvgIpc) is 2.83. The highest BCUT2D eigenvalue weighted by atomic mass is 19.4. The van der Waals surface area contributed by atoms with E-state index in [1.807, 2.05) is 42.5 Å². The predicted octanol–water partition coefficient (Wildman–Crippen LogP) is 4.21. The number of carbonyl (C=O) groups is 1. The molecule has 4 rings (SSSR count). The number of pyridine rings is 1. The van der Waals surface area contributed by atoms with E-state index in [-0.39, 0.29) is 12.2 Å². The first-order valence-corrected chi connectivity index (χ1v) is 9.67. The van der Waals surface area contributed by atoms with E-state index >= 15 is 0 Å². The summed E-state index contributed by atoms with van der Waals surface area (Å²) in [7, 11) is 1.60. The molecule has 176 valence electrons. The van der Waals surface area contributed by atoms with Gasteiger partial charge in [0.25, 0.3) is 5.56 Å². The maximum absolute atomic E-state index is 12.4. The highest BCUT2D eigenvalue weighted by molar-refractivity contribution is 5.83. The van der Waals surface area contributed by atoms with Gasteiger partial charge < -0.3 is 19.6 Å². The fraction of sp³-hybridized carbons (Fsp3) is 0.130. The van der Waals surface area contributed by atoms with Crippen LogP contribution in [0.25, 0.3) is 22.0 Å². The summed E-state index contributed by atoms with van der Waals surface area (Å²) in [6, 6.07) is 16.7. The number of alkyl halides is 3. The van der Waals surface area contributed by atoms with Crippen molar-refractivity contribution in [3.8, 4) is 22.6 Å². The zero-order valence-electron chi connectivity index (χ0n) is 17.7. The van der Waals surface area contributed by atoms with Gasteiger partial charge in [-0.2, -0.15) is 13.2 Å². The van der Waals surface area contributed by atoms with E-state index in [9.17, 15) is 18.0 Å². The van der Waals surface area contributed by atoms with Crippen LogP contribution in [-0.4, -0.2) is 39.3 Å². The number of aromatic amines is 1. The molecule has 0 saturated carbocycles. The molecule has 4 aromatic rings. The van der Waals surface area contributed by atoms with Crippen LogP contribution in [0.3, 0.4) is 0 Å². The Labute approximate surface area is 190 Å². The zero-order chi connectivity index (χ0) is 24.7. The minimum atomic E-state index is -5.08. The van der Waals surface area contributed by atoms with Crippen LogP contribution in [0.1, 0.15) is 5.82 Å². The third-order valence-electron chi connectivity index (χ3n) is 4.43. The lowest BCUT2D eigenvalue weighted by atomic mass is 10.1. The van der Waals surface area contributed by atoms with Gasteiger partial charge in [0.15, 0.2) is 0 Å². The van der Waals surface area contributed by atoms with Gasteiger partial charge in [0.05, 0.1) is 18.0 Å². The molecule has 0 radical (unpaired) electrons. The second-order valence-corrected chi connectivity index (χ2v) is 6.75. The molecule has 0 fully saturated rings. The molecular weight excluding hydrogens is 455 g/mol. The van der Waals surface area contributed by atoms with Crippen LogP contribution in [0.2, 0.25) is 0 Å². The first-order chi connectivity index (χ1) is 16.2. The smallest absolute Gasteiger partial charge is 0.490 e. The van der Waals surface area contributed by atoms with Gasteiger partial charge in [0, 0.05) is 18.5 Å². The van der Waals surface area contributed by atoms with Gasteiger partial charge in [0.1, 0.15) is 23.9 Å². The summed E-state index contributed by atoms with van der Waals surface area (Å²) in [5, 5.41) is 7.66. The molecule has 0 saturated heterocycles. The molecule has 0 aliphatic rings. The van der Waals surface area contributed by atoms with Crippen LogP contribution < -0.4 is 15.0 Å². The number of hydrogen-bond acceptors (Lipinski definition) is 6. The number of benzene rings is 2. The number of rotatable bonds is 5. The molecule has 2 N–H and O–H groups in total. The first kappa shape index (κ1) is 24.2. The Morgan fingerprint density at radius 1 is 1.03 bits per heavy atom. The number of methoxy groups -OCH3 is 1. The van der Waals surface area contributed by atoms with Crippen molar-refractivity contribution in [1.82, 2.24) is 15.0 Å². The van der Waals surface area contributed by atoms with Crippen LogP contribution in [0.15, 0.2) is 71.8 Å².